The summed E-state index contributed by atoms with van der Waals surface area (Å²) < 4.78 is 0. The molecule has 1 N–H and O–H groups in total. The Labute approximate surface area is 66.6 Å². The van der Waals surface area contributed by atoms with Crippen LogP contribution in [0.25, 0.3) is 0 Å². The molecule has 0 spiro atoms. The first-order valence-electron chi connectivity index (χ1n) is 3.06. The summed E-state index contributed by atoms with van der Waals surface area (Å²) in [7, 11) is 0. The van der Waals surface area contributed by atoms with E-state index < -0.39 is 22.8 Å². The second kappa shape index (κ2) is 2.68. The van der Waals surface area contributed by atoms with Crippen LogP contribution in [0.5, 0.6) is 0 Å². The maximum atomic E-state index is 10.8. The largest absolute Gasteiger partial charge is 0.368 e. The van der Waals surface area contributed by atoms with E-state index >= 15 is 0 Å². The molecule has 1 atom stereocenters. The summed E-state index contributed by atoms with van der Waals surface area (Å²) in [4.78, 5) is 34.0. The van der Waals surface area contributed by atoms with Gasteiger partial charge >= 0.3 is 17.9 Å². The van der Waals surface area contributed by atoms with Gasteiger partial charge in [0.2, 0.25) is 0 Å². The Morgan fingerprint density at radius 3 is 2.58 bits per heavy atom. The first kappa shape index (κ1) is 8.31. The van der Waals surface area contributed by atoms with E-state index in [1.165, 1.54) is 6.92 Å². The zero-order valence-corrected chi connectivity index (χ0v) is 6.10. The number of nitro groups is 1. The average Bonchev–Trinajstić information content (AvgIpc) is 1.82. The van der Waals surface area contributed by atoms with E-state index in [9.17, 15) is 19.7 Å². The van der Waals surface area contributed by atoms with Gasteiger partial charge < -0.3 is 5.32 Å². The summed E-state index contributed by atoms with van der Waals surface area (Å²) in [6.45, 7) is 1.38. The van der Waals surface area contributed by atoms with Crippen molar-refractivity contribution < 1.29 is 14.5 Å². The highest BCUT2D eigenvalue weighted by Crippen LogP contribution is 1.99. The molecule has 64 valence electrons. The third-order valence-corrected chi connectivity index (χ3v) is 1.28. The van der Waals surface area contributed by atoms with E-state index in [2.05, 4.69) is 10.3 Å². The Morgan fingerprint density at radius 1 is 1.58 bits per heavy atom. The average molecular weight is 171 g/mol. The molecule has 0 radical (unpaired) electrons. The highest BCUT2D eigenvalue weighted by atomic mass is 16.6. The number of rotatable bonds is 1. The number of carbonyl (C=O) groups is 2. The second-order valence-electron chi connectivity index (χ2n) is 2.21. The van der Waals surface area contributed by atoms with Gasteiger partial charge in [-0.15, -0.1) is 0 Å². The van der Waals surface area contributed by atoms with Gasteiger partial charge in [-0.05, 0) is 6.92 Å². The van der Waals surface area contributed by atoms with E-state index in [0.717, 1.165) is 0 Å². The van der Waals surface area contributed by atoms with Crippen LogP contribution in [0.4, 0.5) is 0 Å². The minimum Gasteiger partial charge on any atom is -0.308 e. The van der Waals surface area contributed by atoms with Gasteiger partial charge in [0.25, 0.3) is 0 Å². The summed E-state index contributed by atoms with van der Waals surface area (Å²) >= 11 is 0. The number of carbonyl (C=O) groups excluding carboxylic acids is 2. The fourth-order valence-electron chi connectivity index (χ4n) is 0.799. The highest BCUT2D eigenvalue weighted by Gasteiger charge is 2.41. The van der Waals surface area contributed by atoms with E-state index in [4.69, 9.17) is 0 Å². The molecular formula is C5H5N3O4. The zero-order valence-electron chi connectivity index (χ0n) is 6.10. The molecule has 1 aliphatic heterocycles. The van der Waals surface area contributed by atoms with Crippen molar-refractivity contribution in [2.45, 2.75) is 13.0 Å². The quantitative estimate of drug-likeness (QED) is 0.301. The number of aliphatic imine (C=N–C) groups is 1. The number of amides is 2. The van der Waals surface area contributed by atoms with Gasteiger partial charge in [-0.25, -0.2) is 0 Å². The molecule has 7 heteroatoms. The van der Waals surface area contributed by atoms with Gasteiger partial charge in [0, 0.05) is 4.92 Å². The van der Waals surface area contributed by atoms with Gasteiger partial charge in [0.05, 0.1) is 0 Å². The number of nitrogens with zero attached hydrogens (tertiary/aromatic N) is 2. The predicted octanol–water partition coefficient (Wildman–Crippen LogP) is -1.29. The Morgan fingerprint density at radius 2 is 2.17 bits per heavy atom. The van der Waals surface area contributed by atoms with Gasteiger partial charge in [0.15, 0.2) is 0 Å². The lowest BCUT2D eigenvalue weighted by molar-refractivity contribution is -0.493. The SMILES string of the molecule is CC1=NC(=O)[C@H]([N+](=O)[O-])C(=O)N1. The van der Waals surface area contributed by atoms with Crippen molar-refractivity contribution in [2.24, 2.45) is 4.99 Å². The van der Waals surface area contributed by atoms with Crippen molar-refractivity contribution in [1.82, 2.24) is 5.32 Å². The van der Waals surface area contributed by atoms with Crippen LogP contribution in [-0.2, 0) is 9.59 Å². The maximum absolute atomic E-state index is 10.8. The van der Waals surface area contributed by atoms with Crippen LogP contribution < -0.4 is 5.32 Å². The summed E-state index contributed by atoms with van der Waals surface area (Å²) in [5, 5.41) is 12.2. The third kappa shape index (κ3) is 1.29. The number of amidine groups is 1. The third-order valence-electron chi connectivity index (χ3n) is 1.28. The van der Waals surface area contributed by atoms with E-state index in [-0.39, 0.29) is 5.84 Å². The van der Waals surface area contributed by atoms with Crippen LogP contribution in [0.1, 0.15) is 6.92 Å². The molecular weight excluding hydrogens is 166 g/mol. The first-order chi connectivity index (χ1) is 5.52. The molecule has 0 unspecified atom stereocenters. The molecule has 1 heterocycles. The molecule has 1 rings (SSSR count). The van der Waals surface area contributed by atoms with Gasteiger partial charge in [0.1, 0.15) is 5.84 Å². The monoisotopic (exact) mass is 171 g/mol. The molecule has 1 aliphatic rings. The minimum atomic E-state index is -1.88. The lowest BCUT2D eigenvalue weighted by Gasteiger charge is -2.11. The standard InChI is InChI=1S/C5H5N3O4/c1-2-6-4(9)3(8(11)12)5(10)7-2/h3H,1H3,(H,6,7,9,10). The molecule has 0 aromatic rings. The van der Waals surface area contributed by atoms with Gasteiger partial charge in [-0.2, -0.15) is 4.99 Å². The van der Waals surface area contributed by atoms with Crippen LogP contribution in [0, 0.1) is 10.1 Å². The summed E-state index contributed by atoms with van der Waals surface area (Å²) in [5.74, 6) is -1.87. The second-order valence-corrected chi connectivity index (χ2v) is 2.21. The van der Waals surface area contributed by atoms with E-state index in [0.29, 0.717) is 0 Å². The van der Waals surface area contributed by atoms with Crippen molar-refractivity contribution in [3.05, 3.63) is 10.1 Å². The zero-order chi connectivity index (χ0) is 9.30. The Bertz CT molecular complexity index is 295. The molecule has 0 aliphatic carbocycles. The maximum Gasteiger partial charge on any atom is 0.368 e. The Balaban J connectivity index is 2.98. The summed E-state index contributed by atoms with van der Waals surface area (Å²) in [5.41, 5.74) is 0. The summed E-state index contributed by atoms with van der Waals surface area (Å²) in [6, 6.07) is -1.88. The smallest absolute Gasteiger partial charge is 0.308 e. The summed E-state index contributed by atoms with van der Waals surface area (Å²) in [6.07, 6.45) is 0. The van der Waals surface area contributed by atoms with Gasteiger partial charge in [-0.3, -0.25) is 19.7 Å². The predicted molar refractivity (Wildman–Crippen MR) is 37.0 cm³/mol. The van der Waals surface area contributed by atoms with Crippen molar-refractivity contribution in [1.29, 1.82) is 0 Å². The highest BCUT2D eigenvalue weighted by molar-refractivity contribution is 6.16. The minimum absolute atomic E-state index is 0.0862. The molecule has 0 aromatic heterocycles. The Hall–Kier alpha value is -1.79. The molecule has 0 saturated heterocycles. The van der Waals surface area contributed by atoms with Crippen molar-refractivity contribution >= 4 is 17.6 Å². The molecule has 0 saturated carbocycles. The number of hydrogen-bond donors (Lipinski definition) is 1. The topological polar surface area (TPSA) is 102 Å². The first-order valence-corrected chi connectivity index (χ1v) is 3.06. The van der Waals surface area contributed by atoms with Gasteiger partial charge in [-0.1, -0.05) is 0 Å². The number of hydrogen-bond acceptors (Lipinski definition) is 4. The molecule has 12 heavy (non-hydrogen) atoms. The van der Waals surface area contributed by atoms with E-state index in [1.807, 2.05) is 0 Å². The van der Waals surface area contributed by atoms with Crippen LogP contribution >= 0.6 is 0 Å². The van der Waals surface area contributed by atoms with Crippen molar-refractivity contribution in [3.8, 4) is 0 Å². The molecule has 0 bridgehead atoms. The molecule has 0 aromatic carbocycles. The lowest BCUT2D eigenvalue weighted by atomic mass is 10.2. The van der Waals surface area contributed by atoms with Crippen LogP contribution in [0.2, 0.25) is 0 Å². The number of nitrogens with one attached hydrogen (secondary N) is 1. The van der Waals surface area contributed by atoms with E-state index in [1.54, 1.807) is 0 Å². The van der Waals surface area contributed by atoms with Crippen LogP contribution in [0.15, 0.2) is 4.99 Å². The lowest BCUT2D eigenvalue weighted by Crippen LogP contribution is -2.50. The molecule has 0 fully saturated rings. The van der Waals surface area contributed by atoms with Crippen molar-refractivity contribution in [3.63, 3.8) is 0 Å². The fraction of sp³-hybridized carbons (Fsp3) is 0.400. The van der Waals surface area contributed by atoms with Crippen LogP contribution in [0.3, 0.4) is 0 Å². The Kier molecular flexibility index (Phi) is 1.86. The normalized spacial score (nSPS) is 23.1. The van der Waals surface area contributed by atoms with Crippen LogP contribution in [-0.4, -0.2) is 28.6 Å². The molecule has 7 nitrogen and oxygen atoms in total. The van der Waals surface area contributed by atoms with Crippen molar-refractivity contribution in [2.75, 3.05) is 0 Å². The molecule has 2 amide bonds. The fourth-order valence-corrected chi connectivity index (χ4v) is 0.799.